The van der Waals surface area contributed by atoms with E-state index in [0.29, 0.717) is 22.4 Å². The van der Waals surface area contributed by atoms with E-state index in [2.05, 4.69) is 20.6 Å². The van der Waals surface area contributed by atoms with Gasteiger partial charge in [0.15, 0.2) is 0 Å². The molecule has 1 heterocycles. The molecular formula is C19H19ClN4O2. The molecule has 26 heavy (non-hydrogen) atoms. The average Bonchev–Trinajstić information content (AvgIpc) is 2.62. The Morgan fingerprint density at radius 2 is 1.54 bits per heavy atom. The summed E-state index contributed by atoms with van der Waals surface area (Å²) in [4.78, 5) is 8.50. The molecule has 0 fully saturated rings. The van der Waals surface area contributed by atoms with Gasteiger partial charge in [-0.2, -0.15) is 0 Å². The van der Waals surface area contributed by atoms with E-state index in [4.69, 9.17) is 21.1 Å². The monoisotopic (exact) mass is 370 g/mol. The van der Waals surface area contributed by atoms with Crippen LogP contribution in [-0.2, 0) is 0 Å². The zero-order valence-electron chi connectivity index (χ0n) is 14.7. The third-order valence-corrected chi connectivity index (χ3v) is 4.00. The summed E-state index contributed by atoms with van der Waals surface area (Å²) in [6.45, 7) is 2.02. The largest absolute Gasteiger partial charge is 0.495 e. The van der Waals surface area contributed by atoms with Crippen molar-refractivity contribution in [3.05, 3.63) is 59.4 Å². The number of methoxy groups -OCH3 is 2. The second-order valence-electron chi connectivity index (χ2n) is 5.59. The van der Waals surface area contributed by atoms with Crippen molar-refractivity contribution in [3.8, 4) is 11.5 Å². The van der Waals surface area contributed by atoms with Gasteiger partial charge in [0.05, 0.1) is 24.9 Å². The molecule has 0 unspecified atom stereocenters. The van der Waals surface area contributed by atoms with Crippen LogP contribution < -0.4 is 20.1 Å². The summed E-state index contributed by atoms with van der Waals surface area (Å²) in [5, 5.41) is 6.98. The normalized spacial score (nSPS) is 10.3. The lowest BCUT2D eigenvalue weighted by molar-refractivity contribution is 0.415. The first-order valence-corrected chi connectivity index (χ1v) is 8.31. The van der Waals surface area contributed by atoms with Crippen molar-refractivity contribution < 1.29 is 9.47 Å². The van der Waals surface area contributed by atoms with Gasteiger partial charge in [-0.1, -0.05) is 17.7 Å². The molecule has 2 aromatic carbocycles. The molecule has 0 atom stereocenters. The van der Waals surface area contributed by atoms with E-state index in [9.17, 15) is 0 Å². The first-order valence-electron chi connectivity index (χ1n) is 7.93. The number of hydrogen-bond acceptors (Lipinski definition) is 6. The molecule has 0 aliphatic rings. The van der Waals surface area contributed by atoms with E-state index in [0.717, 1.165) is 22.7 Å². The molecule has 0 spiro atoms. The molecule has 0 bridgehead atoms. The lowest BCUT2D eigenvalue weighted by Gasteiger charge is -2.12. The SMILES string of the molecule is COc1ccc(Nc2cc(Nc3cc(C)ccc3OC)ncn2)cc1Cl. The molecular weight excluding hydrogens is 352 g/mol. The van der Waals surface area contributed by atoms with Gasteiger partial charge in [0.2, 0.25) is 0 Å². The molecule has 134 valence electrons. The predicted molar refractivity (Wildman–Crippen MR) is 104 cm³/mol. The molecule has 0 aliphatic heterocycles. The lowest BCUT2D eigenvalue weighted by atomic mass is 10.2. The van der Waals surface area contributed by atoms with Crippen molar-refractivity contribution in [1.82, 2.24) is 9.97 Å². The van der Waals surface area contributed by atoms with Crippen LogP contribution in [0.15, 0.2) is 48.8 Å². The molecule has 3 rings (SSSR count). The second kappa shape index (κ2) is 7.93. The number of ether oxygens (including phenoxy) is 2. The van der Waals surface area contributed by atoms with Crippen molar-refractivity contribution in [2.75, 3.05) is 24.9 Å². The minimum Gasteiger partial charge on any atom is -0.495 e. The zero-order chi connectivity index (χ0) is 18.5. The quantitative estimate of drug-likeness (QED) is 0.640. The third-order valence-electron chi connectivity index (χ3n) is 3.71. The Kier molecular flexibility index (Phi) is 5.43. The van der Waals surface area contributed by atoms with Crippen LogP contribution in [0.5, 0.6) is 11.5 Å². The third kappa shape index (κ3) is 4.15. The minimum atomic E-state index is 0.523. The topological polar surface area (TPSA) is 68.3 Å². The predicted octanol–water partition coefficient (Wildman–Crippen LogP) is 4.94. The number of aryl methyl sites for hydroxylation is 1. The minimum absolute atomic E-state index is 0.523. The molecule has 3 aromatic rings. The van der Waals surface area contributed by atoms with E-state index in [1.807, 2.05) is 31.2 Å². The smallest absolute Gasteiger partial charge is 0.142 e. The van der Waals surface area contributed by atoms with E-state index in [-0.39, 0.29) is 0 Å². The molecule has 0 amide bonds. The number of rotatable bonds is 6. The fraction of sp³-hybridized carbons (Fsp3) is 0.158. The Hall–Kier alpha value is -2.99. The first-order chi connectivity index (χ1) is 12.6. The fourth-order valence-electron chi connectivity index (χ4n) is 2.44. The zero-order valence-corrected chi connectivity index (χ0v) is 15.5. The maximum Gasteiger partial charge on any atom is 0.142 e. The van der Waals surface area contributed by atoms with Crippen molar-refractivity contribution in [2.24, 2.45) is 0 Å². The second-order valence-corrected chi connectivity index (χ2v) is 6.00. The van der Waals surface area contributed by atoms with E-state index in [1.165, 1.54) is 6.33 Å². The van der Waals surface area contributed by atoms with Gasteiger partial charge in [0.25, 0.3) is 0 Å². The van der Waals surface area contributed by atoms with Crippen molar-refractivity contribution in [3.63, 3.8) is 0 Å². The fourth-order valence-corrected chi connectivity index (χ4v) is 2.70. The summed E-state index contributed by atoms with van der Waals surface area (Å²) in [5.74, 6) is 2.64. The highest BCUT2D eigenvalue weighted by molar-refractivity contribution is 6.32. The Balaban J connectivity index is 1.80. The van der Waals surface area contributed by atoms with Gasteiger partial charge in [-0.25, -0.2) is 9.97 Å². The number of hydrogen-bond donors (Lipinski definition) is 2. The highest BCUT2D eigenvalue weighted by atomic mass is 35.5. The molecule has 1 aromatic heterocycles. The van der Waals surface area contributed by atoms with Crippen molar-refractivity contribution >= 4 is 34.6 Å². The van der Waals surface area contributed by atoms with Gasteiger partial charge < -0.3 is 20.1 Å². The lowest BCUT2D eigenvalue weighted by Crippen LogP contribution is -2.00. The molecule has 0 saturated carbocycles. The van der Waals surface area contributed by atoms with Crippen molar-refractivity contribution in [2.45, 2.75) is 6.92 Å². The summed E-state index contributed by atoms with van der Waals surface area (Å²) >= 11 is 6.16. The Labute approximate surface area is 157 Å². The van der Waals surface area contributed by atoms with Gasteiger partial charge in [-0.3, -0.25) is 0 Å². The Morgan fingerprint density at radius 3 is 2.23 bits per heavy atom. The summed E-state index contributed by atoms with van der Waals surface area (Å²) in [6, 6.07) is 13.1. The van der Waals surface area contributed by atoms with Crippen LogP contribution in [0.1, 0.15) is 5.56 Å². The van der Waals surface area contributed by atoms with Gasteiger partial charge in [0.1, 0.15) is 29.5 Å². The standard InChI is InChI=1S/C19H19ClN4O2/c1-12-4-6-17(26-3)15(8-12)24-19-10-18(21-11-22-19)23-13-5-7-16(25-2)14(20)9-13/h4-11H,1-3H3,(H2,21,22,23,24). The number of nitrogens with one attached hydrogen (secondary N) is 2. The van der Waals surface area contributed by atoms with Crippen LogP contribution in [-0.4, -0.2) is 24.2 Å². The molecule has 0 aliphatic carbocycles. The highest BCUT2D eigenvalue weighted by Crippen LogP contribution is 2.30. The van der Waals surface area contributed by atoms with Crippen molar-refractivity contribution in [1.29, 1.82) is 0 Å². The van der Waals surface area contributed by atoms with Crippen LogP contribution >= 0.6 is 11.6 Å². The maximum absolute atomic E-state index is 6.16. The summed E-state index contributed by atoms with van der Waals surface area (Å²) in [7, 11) is 3.21. The number of aromatic nitrogens is 2. The average molecular weight is 371 g/mol. The number of anilines is 4. The van der Waals surface area contributed by atoms with Gasteiger partial charge >= 0.3 is 0 Å². The Bertz CT molecular complexity index is 918. The van der Waals surface area contributed by atoms with E-state index < -0.39 is 0 Å². The summed E-state index contributed by atoms with van der Waals surface area (Å²) < 4.78 is 10.5. The van der Waals surface area contributed by atoms with Crippen LogP contribution in [0.3, 0.4) is 0 Å². The molecule has 0 saturated heterocycles. The first kappa shape index (κ1) is 17.8. The molecule has 2 N–H and O–H groups in total. The van der Waals surface area contributed by atoms with Crippen LogP contribution in [0, 0.1) is 6.92 Å². The summed E-state index contributed by atoms with van der Waals surface area (Å²) in [5.41, 5.74) is 2.76. The Morgan fingerprint density at radius 1 is 0.846 bits per heavy atom. The number of halogens is 1. The number of nitrogens with zero attached hydrogens (tertiary/aromatic N) is 2. The van der Waals surface area contributed by atoms with Crippen LogP contribution in [0.25, 0.3) is 0 Å². The highest BCUT2D eigenvalue weighted by Gasteiger charge is 2.07. The summed E-state index contributed by atoms with van der Waals surface area (Å²) in [6.07, 6.45) is 1.48. The van der Waals surface area contributed by atoms with Crippen LogP contribution in [0.4, 0.5) is 23.0 Å². The molecule has 0 radical (unpaired) electrons. The van der Waals surface area contributed by atoms with E-state index in [1.54, 1.807) is 32.4 Å². The van der Waals surface area contributed by atoms with E-state index >= 15 is 0 Å². The molecule has 7 heteroatoms. The number of benzene rings is 2. The van der Waals surface area contributed by atoms with Crippen LogP contribution in [0.2, 0.25) is 5.02 Å². The molecule has 6 nitrogen and oxygen atoms in total. The van der Waals surface area contributed by atoms with Gasteiger partial charge in [-0.15, -0.1) is 0 Å². The maximum atomic E-state index is 6.16. The van der Waals surface area contributed by atoms with Gasteiger partial charge in [-0.05, 0) is 42.8 Å². The van der Waals surface area contributed by atoms with Gasteiger partial charge in [0, 0.05) is 11.8 Å².